The highest BCUT2D eigenvalue weighted by atomic mass is 35.5. The van der Waals surface area contributed by atoms with Gasteiger partial charge in [0.05, 0.1) is 4.92 Å². The first-order chi connectivity index (χ1) is 9.50. The van der Waals surface area contributed by atoms with Crippen molar-refractivity contribution in [3.05, 3.63) is 38.9 Å². The van der Waals surface area contributed by atoms with Crippen molar-refractivity contribution in [2.75, 3.05) is 19.6 Å². The van der Waals surface area contributed by atoms with Gasteiger partial charge in [0.15, 0.2) is 0 Å². The molecule has 106 valence electrons. The predicted molar refractivity (Wildman–Crippen MR) is 71.6 cm³/mol. The second-order valence-electron chi connectivity index (χ2n) is 4.29. The first kappa shape index (κ1) is 14.3. The maximum atomic E-state index is 12.4. The van der Waals surface area contributed by atoms with Crippen LogP contribution in [0.4, 0.5) is 5.69 Å². The van der Waals surface area contributed by atoms with Crippen LogP contribution in [0.25, 0.3) is 0 Å². The average Bonchev–Trinajstić information content (AvgIpc) is 2.62. The highest BCUT2D eigenvalue weighted by molar-refractivity contribution is 6.33. The lowest BCUT2D eigenvalue weighted by atomic mass is 10.1. The number of para-hydroxylation sites is 1. The lowest BCUT2D eigenvalue weighted by molar-refractivity contribution is -0.385. The van der Waals surface area contributed by atoms with Crippen LogP contribution in [0.1, 0.15) is 16.8 Å². The zero-order valence-electron chi connectivity index (χ0n) is 10.5. The molecule has 1 fully saturated rings. The van der Waals surface area contributed by atoms with Crippen LogP contribution in [0.5, 0.6) is 0 Å². The van der Waals surface area contributed by atoms with Crippen molar-refractivity contribution in [1.82, 2.24) is 10.2 Å². The maximum Gasteiger partial charge on any atom is 0.300 e. The van der Waals surface area contributed by atoms with Crippen LogP contribution >= 0.6 is 11.6 Å². The molecule has 0 unspecified atom stereocenters. The van der Waals surface area contributed by atoms with E-state index >= 15 is 0 Å². The van der Waals surface area contributed by atoms with E-state index in [2.05, 4.69) is 5.32 Å². The molecular weight excluding hydrogens is 286 g/mol. The summed E-state index contributed by atoms with van der Waals surface area (Å²) in [5.41, 5.74) is -0.459. The molecule has 1 N–H and O–H groups in total. The summed E-state index contributed by atoms with van der Waals surface area (Å²) in [5, 5.41) is 13.6. The summed E-state index contributed by atoms with van der Waals surface area (Å²) in [4.78, 5) is 35.4. The van der Waals surface area contributed by atoms with Gasteiger partial charge in [-0.25, -0.2) is 0 Å². The van der Waals surface area contributed by atoms with E-state index in [1.165, 1.54) is 23.1 Å². The molecule has 2 rings (SSSR count). The van der Waals surface area contributed by atoms with Crippen molar-refractivity contribution in [2.24, 2.45) is 0 Å². The first-order valence-corrected chi connectivity index (χ1v) is 6.37. The van der Waals surface area contributed by atoms with E-state index in [0.717, 1.165) is 0 Å². The maximum absolute atomic E-state index is 12.4. The molecule has 2 amide bonds. The van der Waals surface area contributed by atoms with Crippen molar-refractivity contribution in [2.45, 2.75) is 6.42 Å². The van der Waals surface area contributed by atoms with E-state index < -0.39 is 16.5 Å². The Morgan fingerprint density at radius 2 is 2.15 bits per heavy atom. The quantitative estimate of drug-likeness (QED) is 0.656. The fourth-order valence-electron chi connectivity index (χ4n) is 2.01. The number of nitrogens with zero attached hydrogens (tertiary/aromatic N) is 2. The molecule has 8 heteroatoms. The van der Waals surface area contributed by atoms with Gasteiger partial charge < -0.3 is 10.2 Å². The number of hydrogen-bond donors (Lipinski definition) is 1. The molecule has 7 nitrogen and oxygen atoms in total. The van der Waals surface area contributed by atoms with Crippen LogP contribution < -0.4 is 5.32 Å². The minimum absolute atomic E-state index is 0.0585. The average molecular weight is 298 g/mol. The third kappa shape index (κ3) is 2.88. The van der Waals surface area contributed by atoms with Gasteiger partial charge in [-0.05, 0) is 12.1 Å². The summed E-state index contributed by atoms with van der Waals surface area (Å²) in [7, 11) is 0. The van der Waals surface area contributed by atoms with E-state index in [4.69, 9.17) is 11.6 Å². The monoisotopic (exact) mass is 297 g/mol. The minimum Gasteiger partial charge on any atom is -0.354 e. The van der Waals surface area contributed by atoms with E-state index in [0.29, 0.717) is 13.1 Å². The van der Waals surface area contributed by atoms with E-state index in [9.17, 15) is 19.7 Å². The molecular formula is C12H12ClN3O4. The number of hydrogen-bond acceptors (Lipinski definition) is 4. The smallest absolute Gasteiger partial charge is 0.300 e. The van der Waals surface area contributed by atoms with Gasteiger partial charge in [0.1, 0.15) is 10.6 Å². The number of carbonyl (C=O) groups is 2. The summed E-state index contributed by atoms with van der Waals surface area (Å²) in [5.74, 6) is -0.628. The van der Waals surface area contributed by atoms with Crippen LogP contribution in [0.3, 0.4) is 0 Å². The number of carbonyl (C=O) groups excluding carboxylic acids is 2. The Balaban J connectivity index is 2.31. The topological polar surface area (TPSA) is 92.5 Å². The zero-order valence-corrected chi connectivity index (χ0v) is 11.2. The fourth-order valence-corrected chi connectivity index (χ4v) is 2.26. The predicted octanol–water partition coefficient (Wildman–Crippen LogP) is 1.21. The van der Waals surface area contributed by atoms with Gasteiger partial charge >= 0.3 is 5.69 Å². The van der Waals surface area contributed by atoms with Crippen molar-refractivity contribution >= 4 is 29.1 Å². The number of nitro benzene ring substituents is 1. The van der Waals surface area contributed by atoms with E-state index in [-0.39, 0.29) is 29.5 Å². The van der Waals surface area contributed by atoms with Gasteiger partial charge in [-0.1, -0.05) is 17.7 Å². The minimum atomic E-state index is -0.670. The zero-order chi connectivity index (χ0) is 14.7. The molecule has 0 radical (unpaired) electrons. The number of halogens is 1. The largest absolute Gasteiger partial charge is 0.354 e. The van der Waals surface area contributed by atoms with Gasteiger partial charge in [0.2, 0.25) is 5.91 Å². The molecule has 1 aliphatic heterocycles. The highest BCUT2D eigenvalue weighted by Gasteiger charge is 2.28. The SMILES string of the molecule is O=C1CCN(C(=O)c2cccc(Cl)c2[N+](=O)[O-])CCN1. The van der Waals surface area contributed by atoms with E-state index in [1.807, 2.05) is 0 Å². The number of nitro groups is 1. The molecule has 1 saturated heterocycles. The second kappa shape index (κ2) is 5.87. The van der Waals surface area contributed by atoms with Crippen LogP contribution in [0, 0.1) is 10.1 Å². The van der Waals surface area contributed by atoms with Crippen molar-refractivity contribution in [3.63, 3.8) is 0 Å². The van der Waals surface area contributed by atoms with E-state index in [1.54, 1.807) is 0 Å². The standard InChI is InChI=1S/C12H12ClN3O4/c13-9-3-1-2-8(11(9)16(19)20)12(18)15-6-4-10(17)14-5-7-15/h1-3H,4-7H2,(H,14,17). The van der Waals surface area contributed by atoms with Gasteiger partial charge in [0.25, 0.3) is 5.91 Å². The van der Waals surface area contributed by atoms with Crippen LogP contribution in [-0.4, -0.2) is 41.3 Å². The summed E-state index contributed by atoms with van der Waals surface area (Å²) in [6.45, 7) is 0.876. The Kier molecular flexibility index (Phi) is 4.19. The number of nitrogens with one attached hydrogen (secondary N) is 1. The van der Waals surface area contributed by atoms with Crippen LogP contribution in [0.2, 0.25) is 5.02 Å². The van der Waals surface area contributed by atoms with Crippen molar-refractivity contribution in [3.8, 4) is 0 Å². The molecule has 0 aliphatic carbocycles. The number of amides is 2. The molecule has 1 aliphatic rings. The van der Waals surface area contributed by atoms with Gasteiger partial charge in [-0.2, -0.15) is 0 Å². The Labute approximate surface area is 119 Å². The molecule has 0 spiro atoms. The molecule has 0 saturated carbocycles. The Morgan fingerprint density at radius 3 is 2.85 bits per heavy atom. The third-order valence-electron chi connectivity index (χ3n) is 3.00. The summed E-state index contributed by atoms with van der Waals surface area (Å²) < 4.78 is 0. The highest BCUT2D eigenvalue weighted by Crippen LogP contribution is 2.29. The fraction of sp³-hybridized carbons (Fsp3) is 0.333. The molecule has 0 bridgehead atoms. The molecule has 1 aromatic carbocycles. The lowest BCUT2D eigenvalue weighted by Gasteiger charge is -2.19. The molecule has 0 atom stereocenters. The Bertz CT molecular complexity index is 576. The Morgan fingerprint density at radius 1 is 1.40 bits per heavy atom. The van der Waals surface area contributed by atoms with Gasteiger partial charge in [0, 0.05) is 26.1 Å². The summed E-state index contributed by atoms with van der Waals surface area (Å²) in [6, 6.07) is 4.22. The summed E-state index contributed by atoms with van der Waals surface area (Å²) in [6.07, 6.45) is 0.181. The second-order valence-corrected chi connectivity index (χ2v) is 4.69. The normalized spacial score (nSPS) is 15.4. The van der Waals surface area contributed by atoms with Crippen molar-refractivity contribution in [1.29, 1.82) is 0 Å². The number of rotatable bonds is 2. The van der Waals surface area contributed by atoms with Gasteiger partial charge in [-0.3, -0.25) is 19.7 Å². The third-order valence-corrected chi connectivity index (χ3v) is 3.30. The summed E-state index contributed by atoms with van der Waals surface area (Å²) >= 11 is 5.78. The first-order valence-electron chi connectivity index (χ1n) is 5.99. The molecule has 20 heavy (non-hydrogen) atoms. The Hall–Kier alpha value is -2.15. The van der Waals surface area contributed by atoms with Crippen molar-refractivity contribution < 1.29 is 14.5 Å². The van der Waals surface area contributed by atoms with Gasteiger partial charge in [-0.15, -0.1) is 0 Å². The van der Waals surface area contributed by atoms with Crippen LogP contribution in [-0.2, 0) is 4.79 Å². The molecule has 1 aromatic rings. The number of benzene rings is 1. The molecule has 0 aromatic heterocycles. The van der Waals surface area contributed by atoms with Crippen LogP contribution in [0.15, 0.2) is 18.2 Å². The lowest BCUT2D eigenvalue weighted by Crippen LogP contribution is -2.34. The molecule has 1 heterocycles.